The summed E-state index contributed by atoms with van der Waals surface area (Å²) in [4.78, 5) is 2.34. The van der Waals surface area contributed by atoms with Crippen molar-refractivity contribution in [3.05, 3.63) is 34.9 Å². The summed E-state index contributed by atoms with van der Waals surface area (Å²) in [7, 11) is 3.89. The van der Waals surface area contributed by atoms with E-state index in [1.54, 1.807) is 7.11 Å². The van der Waals surface area contributed by atoms with E-state index >= 15 is 0 Å². The first kappa shape index (κ1) is 18.4. The number of ether oxygens (including phenoxy) is 1. The van der Waals surface area contributed by atoms with Crippen LogP contribution in [0.3, 0.4) is 0 Å². The lowest BCUT2D eigenvalue weighted by atomic mass is 10.0. The molecule has 0 saturated heterocycles. The third kappa shape index (κ3) is 6.35. The van der Waals surface area contributed by atoms with Gasteiger partial charge in [-0.1, -0.05) is 23.7 Å². The van der Waals surface area contributed by atoms with Crippen molar-refractivity contribution in [1.82, 2.24) is 10.2 Å². The number of methoxy groups -OCH3 is 1. The Balaban J connectivity index is 2.77. The van der Waals surface area contributed by atoms with Gasteiger partial charge >= 0.3 is 0 Å². The molecule has 0 aromatic heterocycles. The smallest absolute Gasteiger partial charge is 0.0630 e. The lowest BCUT2D eigenvalue weighted by molar-refractivity contribution is 0.0799. The Bertz CT molecular complexity index is 431. The highest BCUT2D eigenvalue weighted by molar-refractivity contribution is 6.30. The van der Waals surface area contributed by atoms with Crippen molar-refractivity contribution >= 4 is 11.6 Å². The van der Waals surface area contributed by atoms with E-state index in [4.69, 9.17) is 16.3 Å². The number of benzene rings is 1. The molecule has 120 valence electrons. The lowest BCUT2D eigenvalue weighted by Gasteiger charge is -2.35. The second-order valence-corrected chi connectivity index (χ2v) is 7.07. The van der Waals surface area contributed by atoms with E-state index in [1.807, 2.05) is 18.2 Å². The minimum Gasteiger partial charge on any atom is -0.383 e. The Labute approximate surface area is 134 Å². The first-order chi connectivity index (χ1) is 9.74. The number of halogens is 1. The van der Waals surface area contributed by atoms with Gasteiger partial charge in [0.25, 0.3) is 0 Å². The SMILES string of the molecule is COCC(CNC(C)(C)C)N(C)C(C)c1cccc(Cl)c1. The van der Waals surface area contributed by atoms with Gasteiger partial charge in [0, 0.05) is 36.3 Å². The van der Waals surface area contributed by atoms with E-state index in [1.165, 1.54) is 5.56 Å². The molecule has 4 heteroatoms. The molecule has 1 aromatic carbocycles. The highest BCUT2D eigenvalue weighted by Crippen LogP contribution is 2.23. The molecule has 2 unspecified atom stereocenters. The maximum absolute atomic E-state index is 6.10. The van der Waals surface area contributed by atoms with Crippen LogP contribution < -0.4 is 5.32 Å². The molecule has 0 heterocycles. The summed E-state index contributed by atoms with van der Waals surface area (Å²) in [5.41, 5.74) is 1.33. The normalized spacial score (nSPS) is 15.2. The van der Waals surface area contributed by atoms with Crippen LogP contribution in [-0.2, 0) is 4.74 Å². The van der Waals surface area contributed by atoms with Crippen molar-refractivity contribution in [2.75, 3.05) is 27.3 Å². The molecule has 0 spiro atoms. The number of hydrogen-bond acceptors (Lipinski definition) is 3. The molecule has 21 heavy (non-hydrogen) atoms. The van der Waals surface area contributed by atoms with Crippen molar-refractivity contribution in [1.29, 1.82) is 0 Å². The lowest BCUT2D eigenvalue weighted by Crippen LogP contribution is -2.49. The van der Waals surface area contributed by atoms with Crippen molar-refractivity contribution < 1.29 is 4.74 Å². The van der Waals surface area contributed by atoms with Crippen LogP contribution in [0.1, 0.15) is 39.3 Å². The topological polar surface area (TPSA) is 24.5 Å². The summed E-state index contributed by atoms with van der Waals surface area (Å²) in [6.07, 6.45) is 0. The van der Waals surface area contributed by atoms with Gasteiger partial charge in [0.1, 0.15) is 0 Å². The predicted octanol–water partition coefficient (Wildman–Crippen LogP) is 3.74. The van der Waals surface area contributed by atoms with Crippen LogP contribution in [0.2, 0.25) is 5.02 Å². The Morgan fingerprint density at radius 3 is 2.52 bits per heavy atom. The summed E-state index contributed by atoms with van der Waals surface area (Å²) in [6.45, 7) is 10.3. The van der Waals surface area contributed by atoms with E-state index in [9.17, 15) is 0 Å². The summed E-state index contributed by atoms with van der Waals surface area (Å²) in [5.74, 6) is 0. The van der Waals surface area contributed by atoms with Crippen molar-refractivity contribution in [3.8, 4) is 0 Å². The second-order valence-electron chi connectivity index (χ2n) is 6.64. The van der Waals surface area contributed by atoms with Gasteiger partial charge in [-0.2, -0.15) is 0 Å². The van der Waals surface area contributed by atoms with Crippen LogP contribution >= 0.6 is 11.6 Å². The van der Waals surface area contributed by atoms with Gasteiger partial charge in [0.2, 0.25) is 0 Å². The van der Waals surface area contributed by atoms with Gasteiger partial charge in [-0.3, -0.25) is 4.90 Å². The van der Waals surface area contributed by atoms with Crippen molar-refractivity contribution in [3.63, 3.8) is 0 Å². The van der Waals surface area contributed by atoms with E-state index in [2.05, 4.69) is 51.0 Å². The Hall–Kier alpha value is -0.610. The summed E-state index contributed by atoms with van der Waals surface area (Å²) in [5, 5.41) is 4.34. The first-order valence-corrected chi connectivity index (χ1v) is 7.83. The molecule has 1 N–H and O–H groups in total. The highest BCUT2D eigenvalue weighted by Gasteiger charge is 2.22. The average molecular weight is 313 g/mol. The molecule has 0 fully saturated rings. The largest absolute Gasteiger partial charge is 0.383 e. The third-order valence-corrected chi connectivity index (χ3v) is 3.98. The monoisotopic (exact) mass is 312 g/mol. The Kier molecular flexibility index (Phi) is 7.14. The zero-order valence-corrected chi connectivity index (χ0v) is 14.9. The van der Waals surface area contributed by atoms with Crippen LogP contribution in [0.5, 0.6) is 0 Å². The second kappa shape index (κ2) is 8.14. The molecule has 2 atom stereocenters. The van der Waals surface area contributed by atoms with Gasteiger partial charge in [-0.15, -0.1) is 0 Å². The average Bonchev–Trinajstić information content (AvgIpc) is 2.41. The van der Waals surface area contributed by atoms with Gasteiger partial charge in [0.15, 0.2) is 0 Å². The standard InChI is InChI=1S/C17H29ClN2O/c1-13(14-8-7-9-15(18)10-14)20(5)16(12-21-6)11-19-17(2,3)4/h7-10,13,16,19H,11-12H2,1-6H3. The van der Waals surface area contributed by atoms with Gasteiger partial charge in [0.05, 0.1) is 6.61 Å². The van der Waals surface area contributed by atoms with Crippen molar-refractivity contribution in [2.45, 2.75) is 45.3 Å². The van der Waals surface area contributed by atoms with Crippen molar-refractivity contribution in [2.24, 2.45) is 0 Å². The summed E-state index contributed by atoms with van der Waals surface area (Å²) >= 11 is 6.10. The Morgan fingerprint density at radius 2 is 2.00 bits per heavy atom. The van der Waals surface area contributed by atoms with E-state index < -0.39 is 0 Å². The molecular formula is C17H29ClN2O. The molecular weight excluding hydrogens is 284 g/mol. The third-order valence-electron chi connectivity index (χ3n) is 3.75. The van der Waals surface area contributed by atoms with E-state index in [0.717, 1.165) is 11.6 Å². The number of nitrogens with zero attached hydrogens (tertiary/aromatic N) is 1. The minimum absolute atomic E-state index is 0.103. The van der Waals surface area contributed by atoms with Crippen LogP contribution in [-0.4, -0.2) is 43.8 Å². The molecule has 1 rings (SSSR count). The zero-order chi connectivity index (χ0) is 16.0. The van der Waals surface area contributed by atoms with E-state index in [0.29, 0.717) is 12.6 Å². The van der Waals surface area contributed by atoms with Crippen LogP contribution in [0.4, 0.5) is 0 Å². The van der Waals surface area contributed by atoms with Crippen LogP contribution in [0, 0.1) is 0 Å². The predicted molar refractivity (Wildman–Crippen MR) is 91.0 cm³/mol. The maximum Gasteiger partial charge on any atom is 0.0630 e. The zero-order valence-electron chi connectivity index (χ0n) is 14.1. The molecule has 3 nitrogen and oxygen atoms in total. The quantitative estimate of drug-likeness (QED) is 0.830. The Morgan fingerprint density at radius 1 is 1.33 bits per heavy atom. The number of likely N-dealkylation sites (N-methyl/N-ethyl adjacent to an activating group) is 1. The molecule has 0 bridgehead atoms. The fourth-order valence-corrected chi connectivity index (χ4v) is 2.45. The van der Waals surface area contributed by atoms with Crippen LogP contribution in [0.25, 0.3) is 0 Å². The molecule has 0 aliphatic carbocycles. The fourth-order valence-electron chi connectivity index (χ4n) is 2.25. The molecule has 1 aromatic rings. The van der Waals surface area contributed by atoms with Gasteiger partial charge < -0.3 is 10.1 Å². The fraction of sp³-hybridized carbons (Fsp3) is 0.647. The maximum atomic E-state index is 6.10. The number of nitrogens with one attached hydrogen (secondary N) is 1. The molecule has 0 aliphatic rings. The number of hydrogen-bond donors (Lipinski definition) is 1. The first-order valence-electron chi connectivity index (χ1n) is 7.46. The number of rotatable bonds is 7. The summed E-state index contributed by atoms with van der Waals surface area (Å²) < 4.78 is 5.39. The molecule has 0 saturated carbocycles. The molecule has 0 aliphatic heterocycles. The minimum atomic E-state index is 0.103. The van der Waals surface area contributed by atoms with Gasteiger partial charge in [-0.25, -0.2) is 0 Å². The highest BCUT2D eigenvalue weighted by atomic mass is 35.5. The van der Waals surface area contributed by atoms with Crippen LogP contribution in [0.15, 0.2) is 24.3 Å². The van der Waals surface area contributed by atoms with E-state index in [-0.39, 0.29) is 11.6 Å². The molecule has 0 radical (unpaired) electrons. The summed E-state index contributed by atoms with van der Waals surface area (Å²) in [6, 6.07) is 8.65. The molecule has 0 amide bonds. The van der Waals surface area contributed by atoms with Gasteiger partial charge in [-0.05, 0) is 52.4 Å².